The average molecular weight is 319 g/mol. The van der Waals surface area contributed by atoms with Gasteiger partial charge in [0.1, 0.15) is 5.75 Å². The third kappa shape index (κ3) is 3.97. The van der Waals surface area contributed by atoms with E-state index in [-0.39, 0.29) is 11.4 Å². The second-order valence-electron chi connectivity index (χ2n) is 4.64. The van der Waals surface area contributed by atoms with Crippen LogP contribution in [0, 0.1) is 0 Å². The predicted molar refractivity (Wildman–Crippen MR) is 85.9 cm³/mol. The molecule has 19 heavy (non-hydrogen) atoms. The van der Waals surface area contributed by atoms with Crippen LogP contribution < -0.4 is 4.74 Å². The van der Waals surface area contributed by atoms with Crippen LogP contribution in [0.25, 0.3) is 0 Å². The van der Waals surface area contributed by atoms with E-state index in [0.29, 0.717) is 16.7 Å². The van der Waals surface area contributed by atoms with Crippen molar-refractivity contribution in [3.8, 4) is 5.75 Å². The second-order valence-corrected chi connectivity index (χ2v) is 7.85. The zero-order valence-electron chi connectivity index (χ0n) is 11.1. The van der Waals surface area contributed by atoms with E-state index in [0.717, 1.165) is 17.1 Å². The van der Waals surface area contributed by atoms with Crippen molar-refractivity contribution in [3.05, 3.63) is 28.8 Å². The Morgan fingerprint density at radius 1 is 1.42 bits per heavy atom. The highest BCUT2D eigenvalue weighted by atomic mass is 35.5. The highest BCUT2D eigenvalue weighted by Crippen LogP contribution is 2.35. The summed E-state index contributed by atoms with van der Waals surface area (Å²) in [5.41, 5.74) is 0.978. The molecule has 0 spiro atoms. The Balaban J connectivity index is 2.09. The molecule has 2 rings (SSSR count). The van der Waals surface area contributed by atoms with Crippen molar-refractivity contribution in [3.63, 3.8) is 0 Å². The van der Waals surface area contributed by atoms with Crippen LogP contribution >= 0.6 is 35.1 Å². The smallest absolute Gasteiger partial charge is 0.122 e. The van der Waals surface area contributed by atoms with E-state index in [1.54, 1.807) is 7.11 Å². The molecular weight excluding hydrogens is 300 g/mol. The average Bonchev–Trinajstić information content (AvgIpc) is 2.39. The zero-order valence-corrected chi connectivity index (χ0v) is 13.5. The minimum atomic E-state index is -0.361. The van der Waals surface area contributed by atoms with Crippen LogP contribution in [-0.2, 0) is 6.42 Å². The first-order chi connectivity index (χ1) is 9.11. The highest BCUT2D eigenvalue weighted by Gasteiger charge is 2.29. The number of aliphatic hydroxyl groups is 1. The van der Waals surface area contributed by atoms with Crippen LogP contribution in [0.5, 0.6) is 5.75 Å². The lowest BCUT2D eigenvalue weighted by atomic mass is 10.0. The molecule has 1 heterocycles. The van der Waals surface area contributed by atoms with Gasteiger partial charge >= 0.3 is 0 Å². The third-order valence-corrected chi connectivity index (χ3v) is 6.76. The summed E-state index contributed by atoms with van der Waals surface area (Å²) in [4.78, 5) is 0. The summed E-state index contributed by atoms with van der Waals surface area (Å²) in [5.74, 6) is 3.09. The summed E-state index contributed by atoms with van der Waals surface area (Å²) < 4.78 is 5.33. The molecule has 1 aromatic rings. The molecule has 5 heteroatoms. The molecule has 0 radical (unpaired) electrons. The zero-order chi connectivity index (χ0) is 13.8. The van der Waals surface area contributed by atoms with Crippen molar-refractivity contribution >= 4 is 35.1 Å². The Kier molecular flexibility index (Phi) is 5.75. The van der Waals surface area contributed by atoms with Crippen LogP contribution in [0.3, 0.4) is 0 Å². The van der Waals surface area contributed by atoms with Gasteiger partial charge < -0.3 is 9.84 Å². The van der Waals surface area contributed by atoms with Gasteiger partial charge in [0.2, 0.25) is 0 Å². The monoisotopic (exact) mass is 318 g/mol. The Hall–Kier alpha value is -0.0300. The number of aliphatic hydroxyl groups excluding tert-OH is 1. The molecule has 1 N–H and O–H groups in total. The third-order valence-electron chi connectivity index (χ3n) is 3.29. The molecule has 106 valence electrons. The van der Waals surface area contributed by atoms with E-state index in [1.165, 1.54) is 5.75 Å². The molecule has 3 atom stereocenters. The largest absolute Gasteiger partial charge is 0.496 e. The van der Waals surface area contributed by atoms with E-state index < -0.39 is 0 Å². The minimum absolute atomic E-state index is 0.280. The van der Waals surface area contributed by atoms with Crippen molar-refractivity contribution in [2.45, 2.75) is 29.9 Å². The molecular formula is C14H19ClO2S2. The first-order valence-corrected chi connectivity index (χ1v) is 8.83. The SMILES string of the molecule is COc1ccc(Cl)cc1CC(O)C1SCCSC1C. The predicted octanol–water partition coefficient (Wildman–Crippen LogP) is 3.49. The molecule has 1 aliphatic heterocycles. The normalized spacial score (nSPS) is 25.1. The van der Waals surface area contributed by atoms with Crippen LogP contribution in [0.1, 0.15) is 12.5 Å². The summed E-state index contributed by atoms with van der Waals surface area (Å²) in [6, 6.07) is 5.55. The summed E-state index contributed by atoms with van der Waals surface area (Å²) in [7, 11) is 1.65. The molecule has 1 aromatic carbocycles. The summed E-state index contributed by atoms with van der Waals surface area (Å²) in [6.45, 7) is 2.19. The molecule has 1 aliphatic rings. The fraction of sp³-hybridized carbons (Fsp3) is 0.571. The first kappa shape index (κ1) is 15.4. The molecule has 1 saturated heterocycles. The topological polar surface area (TPSA) is 29.5 Å². The van der Waals surface area contributed by atoms with Crippen LogP contribution in [0.4, 0.5) is 0 Å². The maximum Gasteiger partial charge on any atom is 0.122 e. The summed E-state index contributed by atoms with van der Waals surface area (Å²) in [5, 5.41) is 11.9. The van der Waals surface area contributed by atoms with Gasteiger partial charge in [-0.3, -0.25) is 0 Å². The molecule has 0 aromatic heterocycles. The van der Waals surface area contributed by atoms with Gasteiger partial charge in [0, 0.05) is 33.4 Å². The Morgan fingerprint density at radius 3 is 2.84 bits per heavy atom. The van der Waals surface area contributed by atoms with Gasteiger partial charge in [0.15, 0.2) is 0 Å². The van der Waals surface area contributed by atoms with Crippen molar-refractivity contribution < 1.29 is 9.84 Å². The standard InChI is InChI=1S/C14H19ClO2S2/c1-9-14(19-6-5-18-9)12(16)8-10-7-11(15)3-4-13(10)17-2/h3-4,7,9,12,14,16H,5-6,8H2,1-2H3. The van der Waals surface area contributed by atoms with Gasteiger partial charge in [-0.05, 0) is 23.8 Å². The minimum Gasteiger partial charge on any atom is -0.496 e. The van der Waals surface area contributed by atoms with Crippen LogP contribution in [-0.4, -0.2) is 40.3 Å². The van der Waals surface area contributed by atoms with E-state index in [2.05, 4.69) is 6.92 Å². The molecule has 1 fully saturated rings. The van der Waals surface area contributed by atoms with Crippen molar-refractivity contribution in [2.75, 3.05) is 18.6 Å². The lowest BCUT2D eigenvalue weighted by Crippen LogP contribution is -2.36. The number of hydrogen-bond acceptors (Lipinski definition) is 4. The molecule has 0 amide bonds. The second kappa shape index (κ2) is 7.11. The molecule has 3 unspecified atom stereocenters. The number of rotatable bonds is 4. The number of thioether (sulfide) groups is 2. The van der Waals surface area contributed by atoms with E-state index in [9.17, 15) is 5.11 Å². The Bertz CT molecular complexity index is 428. The van der Waals surface area contributed by atoms with Gasteiger partial charge in [0.05, 0.1) is 13.2 Å². The fourth-order valence-corrected chi connectivity index (χ4v) is 5.36. The lowest BCUT2D eigenvalue weighted by Gasteiger charge is -2.31. The maximum absolute atomic E-state index is 10.5. The Labute approximate surface area is 128 Å². The number of halogens is 1. The van der Waals surface area contributed by atoms with Gasteiger partial charge in [-0.2, -0.15) is 23.5 Å². The van der Waals surface area contributed by atoms with Crippen molar-refractivity contribution in [1.82, 2.24) is 0 Å². The van der Waals surface area contributed by atoms with E-state index >= 15 is 0 Å². The van der Waals surface area contributed by atoms with Crippen molar-refractivity contribution in [1.29, 1.82) is 0 Å². The maximum atomic E-state index is 10.5. The fourth-order valence-electron chi connectivity index (χ4n) is 2.32. The van der Waals surface area contributed by atoms with Gasteiger partial charge in [-0.1, -0.05) is 18.5 Å². The highest BCUT2D eigenvalue weighted by molar-refractivity contribution is 8.07. The number of methoxy groups -OCH3 is 1. The lowest BCUT2D eigenvalue weighted by molar-refractivity contribution is 0.170. The first-order valence-electron chi connectivity index (χ1n) is 6.35. The number of benzene rings is 1. The molecule has 0 aliphatic carbocycles. The quantitative estimate of drug-likeness (QED) is 0.920. The number of hydrogen-bond donors (Lipinski definition) is 1. The van der Waals surface area contributed by atoms with Crippen molar-refractivity contribution in [2.24, 2.45) is 0 Å². The molecule has 2 nitrogen and oxygen atoms in total. The summed E-state index contributed by atoms with van der Waals surface area (Å²) in [6.07, 6.45) is 0.229. The van der Waals surface area contributed by atoms with Gasteiger partial charge in [-0.25, -0.2) is 0 Å². The van der Waals surface area contributed by atoms with Crippen LogP contribution in [0.15, 0.2) is 18.2 Å². The van der Waals surface area contributed by atoms with Crippen LogP contribution in [0.2, 0.25) is 5.02 Å². The Morgan fingerprint density at radius 2 is 2.16 bits per heavy atom. The van der Waals surface area contributed by atoms with E-state index in [1.807, 2.05) is 41.7 Å². The van der Waals surface area contributed by atoms with Gasteiger partial charge in [0.25, 0.3) is 0 Å². The van der Waals surface area contributed by atoms with E-state index in [4.69, 9.17) is 16.3 Å². The molecule has 0 saturated carbocycles. The molecule has 0 bridgehead atoms. The van der Waals surface area contributed by atoms with Gasteiger partial charge in [-0.15, -0.1) is 0 Å². The summed E-state index contributed by atoms with van der Waals surface area (Å²) >= 11 is 9.84. The number of ether oxygens (including phenoxy) is 1.